The molecule has 1 heterocycles. The number of aromatic nitrogens is 3. The third kappa shape index (κ3) is 3.66. The fourth-order valence-corrected chi connectivity index (χ4v) is 1.38. The maximum Gasteiger partial charge on any atom is 0.255 e. The second kappa shape index (κ2) is 6.07. The number of aliphatic hydroxyl groups is 1. The van der Waals surface area contributed by atoms with E-state index >= 15 is 0 Å². The predicted molar refractivity (Wildman–Crippen MR) is 55.1 cm³/mol. The van der Waals surface area contributed by atoms with Gasteiger partial charge in [-0.1, -0.05) is 11.6 Å². The minimum atomic E-state index is -2.59. The molecule has 1 N–H and O–H groups in total. The maximum atomic E-state index is 12.3. The smallest absolute Gasteiger partial charge is 0.255 e. The highest BCUT2D eigenvalue weighted by Gasteiger charge is 2.18. The van der Waals surface area contributed by atoms with Crippen LogP contribution in [0.3, 0.4) is 0 Å². The lowest BCUT2D eigenvalue weighted by molar-refractivity contribution is 0.152. The molecule has 0 spiro atoms. The molecular weight excluding hydrogens is 265 g/mol. The average Bonchev–Trinajstić information content (AvgIpc) is 2.20. The third-order valence-corrected chi connectivity index (χ3v) is 2.04. The second-order valence-corrected chi connectivity index (χ2v) is 3.45. The van der Waals surface area contributed by atoms with E-state index in [4.69, 9.17) is 28.3 Å². The molecule has 0 aliphatic rings. The number of hydrogen-bond acceptors (Lipinski definition) is 5. The van der Waals surface area contributed by atoms with Gasteiger partial charge in [-0.05, 0) is 11.6 Å². The van der Waals surface area contributed by atoms with Crippen LogP contribution in [0.25, 0.3) is 0 Å². The summed E-state index contributed by atoms with van der Waals surface area (Å²) in [7, 11) is 0. The number of nitrogens with zero attached hydrogens (tertiary/aromatic N) is 4. The van der Waals surface area contributed by atoms with Gasteiger partial charge in [0.15, 0.2) is 11.0 Å². The van der Waals surface area contributed by atoms with E-state index in [-0.39, 0.29) is 29.4 Å². The van der Waals surface area contributed by atoms with Crippen LogP contribution in [0.1, 0.15) is 0 Å². The van der Waals surface area contributed by atoms with Gasteiger partial charge in [-0.25, -0.2) is 8.78 Å². The van der Waals surface area contributed by atoms with Gasteiger partial charge in [0.05, 0.1) is 13.2 Å². The molecule has 1 rings (SSSR count). The van der Waals surface area contributed by atoms with Crippen molar-refractivity contribution in [3.8, 4) is 0 Å². The fourth-order valence-electron chi connectivity index (χ4n) is 1.06. The van der Waals surface area contributed by atoms with Gasteiger partial charge in [-0.15, -0.1) is 10.2 Å². The molecule has 9 heteroatoms. The van der Waals surface area contributed by atoms with Crippen LogP contribution in [0.4, 0.5) is 14.6 Å². The summed E-state index contributed by atoms with van der Waals surface area (Å²) in [5.41, 5.74) is 0. The summed E-state index contributed by atoms with van der Waals surface area (Å²) in [5.74, 6) is -0.0176. The molecule has 1 aromatic heterocycles. The maximum absolute atomic E-state index is 12.3. The Kier molecular flexibility index (Phi) is 5.04. The molecule has 0 aliphatic carbocycles. The van der Waals surface area contributed by atoms with Crippen LogP contribution in [0.15, 0.2) is 0 Å². The Morgan fingerprint density at radius 1 is 1.31 bits per heavy atom. The van der Waals surface area contributed by atoms with E-state index in [2.05, 4.69) is 15.2 Å². The molecule has 90 valence electrons. The molecule has 16 heavy (non-hydrogen) atoms. The van der Waals surface area contributed by atoms with Crippen LogP contribution >= 0.6 is 23.2 Å². The molecule has 0 saturated heterocycles. The molecule has 1 aromatic rings. The lowest BCUT2D eigenvalue weighted by Gasteiger charge is -2.22. The average molecular weight is 273 g/mol. The lowest BCUT2D eigenvalue weighted by Crippen LogP contribution is -2.32. The first kappa shape index (κ1) is 13.3. The first-order valence-electron chi connectivity index (χ1n) is 4.24. The Labute approximate surface area is 100 Å². The monoisotopic (exact) mass is 272 g/mol. The van der Waals surface area contributed by atoms with Crippen LogP contribution in [0, 0.1) is 0 Å². The summed E-state index contributed by atoms with van der Waals surface area (Å²) in [6.45, 7) is -0.973. The zero-order valence-corrected chi connectivity index (χ0v) is 9.46. The van der Waals surface area contributed by atoms with Crippen molar-refractivity contribution < 1.29 is 13.9 Å². The van der Waals surface area contributed by atoms with Crippen molar-refractivity contribution in [2.45, 2.75) is 6.43 Å². The first-order chi connectivity index (χ1) is 7.54. The van der Waals surface area contributed by atoms with E-state index in [1.54, 1.807) is 0 Å². The molecule has 0 amide bonds. The molecule has 0 saturated carbocycles. The van der Waals surface area contributed by atoms with E-state index in [9.17, 15) is 8.78 Å². The van der Waals surface area contributed by atoms with Crippen LogP contribution in [-0.4, -0.2) is 46.4 Å². The molecular formula is C7H8Cl2F2N4O. The highest BCUT2D eigenvalue weighted by molar-refractivity contribution is 6.32. The van der Waals surface area contributed by atoms with Gasteiger partial charge in [-0.3, -0.25) is 0 Å². The van der Waals surface area contributed by atoms with Crippen molar-refractivity contribution in [1.82, 2.24) is 15.2 Å². The minimum absolute atomic E-state index is 0.0176. The number of aliphatic hydroxyl groups excluding tert-OH is 1. The van der Waals surface area contributed by atoms with Crippen LogP contribution in [0.5, 0.6) is 0 Å². The summed E-state index contributed by atoms with van der Waals surface area (Å²) in [5, 5.41) is 15.2. The van der Waals surface area contributed by atoms with Gasteiger partial charge in [0.2, 0.25) is 5.28 Å². The molecule has 0 aliphatic heterocycles. The predicted octanol–water partition coefficient (Wildman–Crippen LogP) is 1.24. The minimum Gasteiger partial charge on any atom is -0.395 e. The van der Waals surface area contributed by atoms with Crippen molar-refractivity contribution in [3.05, 3.63) is 10.4 Å². The number of rotatable bonds is 5. The van der Waals surface area contributed by atoms with Gasteiger partial charge in [0.1, 0.15) is 0 Å². The van der Waals surface area contributed by atoms with E-state index < -0.39 is 13.0 Å². The number of alkyl halides is 2. The number of anilines is 1. The van der Waals surface area contributed by atoms with Gasteiger partial charge >= 0.3 is 0 Å². The first-order valence-corrected chi connectivity index (χ1v) is 5.00. The highest BCUT2D eigenvalue weighted by atomic mass is 35.5. The third-order valence-electron chi connectivity index (χ3n) is 1.63. The van der Waals surface area contributed by atoms with Gasteiger partial charge in [-0.2, -0.15) is 4.98 Å². The van der Waals surface area contributed by atoms with Gasteiger partial charge < -0.3 is 10.0 Å². The largest absolute Gasteiger partial charge is 0.395 e. The standard InChI is InChI=1S/C7H8Cl2F2N4O/c8-5-6(12-7(9)14-13-5)15(1-2-16)3-4(10)11/h4,16H,1-3H2. The molecule has 0 fully saturated rings. The Hall–Kier alpha value is -0.790. The van der Waals surface area contributed by atoms with Gasteiger partial charge in [0.25, 0.3) is 6.43 Å². The van der Waals surface area contributed by atoms with Crippen molar-refractivity contribution in [2.24, 2.45) is 0 Å². The van der Waals surface area contributed by atoms with Crippen molar-refractivity contribution >= 4 is 29.0 Å². The normalized spacial score (nSPS) is 10.9. The summed E-state index contributed by atoms with van der Waals surface area (Å²) in [4.78, 5) is 4.78. The van der Waals surface area contributed by atoms with Crippen molar-refractivity contribution in [2.75, 3.05) is 24.6 Å². The molecule has 0 unspecified atom stereocenters. The van der Waals surface area contributed by atoms with Crippen LogP contribution in [0.2, 0.25) is 10.4 Å². The summed E-state index contributed by atoms with van der Waals surface area (Å²) in [6, 6.07) is 0. The second-order valence-electron chi connectivity index (χ2n) is 2.76. The quantitative estimate of drug-likeness (QED) is 0.874. The summed E-state index contributed by atoms with van der Waals surface area (Å²) >= 11 is 11.1. The van der Waals surface area contributed by atoms with Gasteiger partial charge in [0, 0.05) is 6.54 Å². The topological polar surface area (TPSA) is 62.1 Å². The molecule has 0 bridgehead atoms. The van der Waals surface area contributed by atoms with E-state index in [0.29, 0.717) is 0 Å². The van der Waals surface area contributed by atoms with E-state index in [1.165, 1.54) is 0 Å². The Morgan fingerprint density at radius 3 is 2.56 bits per heavy atom. The Morgan fingerprint density at radius 2 is 2.00 bits per heavy atom. The van der Waals surface area contributed by atoms with Crippen molar-refractivity contribution in [3.63, 3.8) is 0 Å². The highest BCUT2D eigenvalue weighted by Crippen LogP contribution is 2.21. The zero-order valence-electron chi connectivity index (χ0n) is 7.95. The number of hydrogen-bond donors (Lipinski definition) is 1. The zero-order chi connectivity index (χ0) is 12.1. The van der Waals surface area contributed by atoms with Crippen LogP contribution < -0.4 is 4.90 Å². The number of halogens is 4. The fraction of sp³-hybridized carbons (Fsp3) is 0.571. The summed E-state index contributed by atoms with van der Waals surface area (Å²) < 4.78 is 24.5. The van der Waals surface area contributed by atoms with E-state index in [0.717, 1.165) is 4.90 Å². The van der Waals surface area contributed by atoms with Crippen LogP contribution in [-0.2, 0) is 0 Å². The van der Waals surface area contributed by atoms with Crippen molar-refractivity contribution in [1.29, 1.82) is 0 Å². The van der Waals surface area contributed by atoms with E-state index in [1.807, 2.05) is 0 Å². The molecule has 0 aromatic carbocycles. The Balaban J connectivity index is 2.94. The molecule has 0 atom stereocenters. The summed E-state index contributed by atoms with van der Waals surface area (Å²) in [6.07, 6.45) is -2.59. The lowest BCUT2D eigenvalue weighted by atomic mass is 10.4. The SMILES string of the molecule is OCCN(CC(F)F)c1nc(Cl)nnc1Cl. The molecule has 5 nitrogen and oxygen atoms in total. The Bertz CT molecular complexity index is 355. The molecule has 0 radical (unpaired) electrons.